The number of carbonyl (C=O) groups is 1. The third-order valence-corrected chi connectivity index (χ3v) is 3.83. The summed E-state index contributed by atoms with van der Waals surface area (Å²) in [6, 6.07) is 7.50. The molecule has 0 amide bonds. The van der Waals surface area contributed by atoms with Gasteiger partial charge in [0.15, 0.2) is 0 Å². The number of fused-ring (bicyclic) bond motifs is 3. The Labute approximate surface area is 106 Å². The molecule has 1 fully saturated rings. The maximum absolute atomic E-state index is 11.2. The standard InChI is InChI=1S/C14H16N2O2/c1-14(2)12-9(7-11(16-14)13(17)18)8-5-3-4-6-10(8)15-12/h3-6,9,11,16H,7H2,1-2H3,(H,17,18)/t9?,11-/m0/s1. The summed E-state index contributed by atoms with van der Waals surface area (Å²) in [6.07, 6.45) is 0.578. The quantitative estimate of drug-likeness (QED) is 0.795. The van der Waals surface area contributed by atoms with Crippen LogP contribution in [0, 0.1) is 0 Å². The van der Waals surface area contributed by atoms with Gasteiger partial charge in [0.05, 0.1) is 11.2 Å². The third-order valence-electron chi connectivity index (χ3n) is 3.83. The number of rotatable bonds is 1. The van der Waals surface area contributed by atoms with Crippen molar-refractivity contribution in [1.29, 1.82) is 0 Å². The summed E-state index contributed by atoms with van der Waals surface area (Å²) in [6.45, 7) is 4.00. The highest BCUT2D eigenvalue weighted by atomic mass is 16.4. The molecule has 2 atom stereocenters. The van der Waals surface area contributed by atoms with Crippen LogP contribution in [0.3, 0.4) is 0 Å². The van der Waals surface area contributed by atoms with Crippen molar-refractivity contribution >= 4 is 17.4 Å². The highest BCUT2D eigenvalue weighted by Crippen LogP contribution is 2.43. The van der Waals surface area contributed by atoms with Crippen molar-refractivity contribution in [2.75, 3.05) is 0 Å². The van der Waals surface area contributed by atoms with E-state index in [4.69, 9.17) is 0 Å². The monoisotopic (exact) mass is 244 g/mol. The maximum atomic E-state index is 11.2. The van der Waals surface area contributed by atoms with Crippen LogP contribution in [0.5, 0.6) is 0 Å². The van der Waals surface area contributed by atoms with Gasteiger partial charge in [-0.25, -0.2) is 0 Å². The van der Waals surface area contributed by atoms with Gasteiger partial charge in [0.25, 0.3) is 0 Å². The Balaban J connectivity index is 2.06. The van der Waals surface area contributed by atoms with Crippen molar-refractivity contribution in [2.24, 2.45) is 4.99 Å². The van der Waals surface area contributed by atoms with Crippen molar-refractivity contribution < 1.29 is 9.90 Å². The summed E-state index contributed by atoms with van der Waals surface area (Å²) in [5, 5.41) is 12.4. The van der Waals surface area contributed by atoms with E-state index >= 15 is 0 Å². The third kappa shape index (κ3) is 1.56. The van der Waals surface area contributed by atoms with Crippen LogP contribution in [0.2, 0.25) is 0 Å². The van der Waals surface area contributed by atoms with Crippen LogP contribution in [0.4, 0.5) is 5.69 Å². The Morgan fingerprint density at radius 1 is 1.44 bits per heavy atom. The van der Waals surface area contributed by atoms with E-state index in [0.717, 1.165) is 17.0 Å². The van der Waals surface area contributed by atoms with E-state index in [1.807, 2.05) is 32.0 Å². The second-order valence-electron chi connectivity index (χ2n) is 5.50. The molecule has 4 heteroatoms. The van der Waals surface area contributed by atoms with Crippen molar-refractivity contribution in [1.82, 2.24) is 5.32 Å². The SMILES string of the molecule is CC1(C)N[C@H](C(=O)O)CC2C1=Nc1ccccc12. The number of para-hydroxylation sites is 1. The van der Waals surface area contributed by atoms with Gasteiger partial charge in [0.1, 0.15) is 6.04 Å². The van der Waals surface area contributed by atoms with Crippen molar-refractivity contribution in [2.45, 2.75) is 37.8 Å². The minimum atomic E-state index is -0.786. The van der Waals surface area contributed by atoms with Crippen LogP contribution >= 0.6 is 0 Å². The zero-order valence-electron chi connectivity index (χ0n) is 10.5. The number of aliphatic imine (C=N–C) groups is 1. The van der Waals surface area contributed by atoms with E-state index in [9.17, 15) is 9.90 Å². The molecule has 3 rings (SSSR count). The molecule has 1 saturated heterocycles. The number of benzene rings is 1. The van der Waals surface area contributed by atoms with Crippen LogP contribution in [0.15, 0.2) is 29.3 Å². The molecule has 94 valence electrons. The Morgan fingerprint density at radius 3 is 2.89 bits per heavy atom. The smallest absolute Gasteiger partial charge is 0.320 e. The van der Waals surface area contributed by atoms with Gasteiger partial charge in [-0.1, -0.05) is 18.2 Å². The number of hydrogen-bond acceptors (Lipinski definition) is 3. The first-order valence-electron chi connectivity index (χ1n) is 6.17. The molecule has 0 saturated carbocycles. The lowest BCUT2D eigenvalue weighted by Crippen LogP contribution is -2.59. The first kappa shape index (κ1) is 11.4. The number of hydrogen-bond donors (Lipinski definition) is 2. The predicted octanol–water partition coefficient (Wildman–Crippen LogP) is 2.08. The Kier molecular flexibility index (Phi) is 2.32. The average molecular weight is 244 g/mol. The molecule has 2 heterocycles. The fourth-order valence-electron chi connectivity index (χ4n) is 3.02. The minimum absolute atomic E-state index is 0.138. The summed E-state index contributed by atoms with van der Waals surface area (Å²) in [7, 11) is 0. The van der Waals surface area contributed by atoms with Gasteiger partial charge in [-0.15, -0.1) is 0 Å². The van der Waals surface area contributed by atoms with Crippen molar-refractivity contribution in [3.8, 4) is 0 Å². The molecule has 2 aliphatic heterocycles. The summed E-state index contributed by atoms with van der Waals surface area (Å²) in [5.41, 5.74) is 2.83. The van der Waals surface area contributed by atoms with Gasteiger partial charge in [0.2, 0.25) is 0 Å². The Morgan fingerprint density at radius 2 is 2.17 bits per heavy atom. The molecular formula is C14H16N2O2. The molecule has 1 unspecified atom stereocenters. The molecule has 2 N–H and O–H groups in total. The largest absolute Gasteiger partial charge is 0.480 e. The molecule has 18 heavy (non-hydrogen) atoms. The van der Waals surface area contributed by atoms with Gasteiger partial charge in [-0.05, 0) is 31.9 Å². The van der Waals surface area contributed by atoms with E-state index in [1.165, 1.54) is 0 Å². The van der Waals surface area contributed by atoms with E-state index in [1.54, 1.807) is 0 Å². The van der Waals surface area contributed by atoms with Gasteiger partial charge in [-0.3, -0.25) is 15.1 Å². The molecule has 0 bridgehead atoms. The number of carboxylic acid groups (broad SMARTS) is 1. The molecule has 1 aromatic carbocycles. The van der Waals surface area contributed by atoms with Crippen LogP contribution in [0.25, 0.3) is 0 Å². The first-order valence-corrected chi connectivity index (χ1v) is 6.17. The predicted molar refractivity (Wildman–Crippen MR) is 69.5 cm³/mol. The van der Waals surface area contributed by atoms with Crippen LogP contribution < -0.4 is 5.32 Å². The van der Waals surface area contributed by atoms with Crippen molar-refractivity contribution in [3.63, 3.8) is 0 Å². The van der Waals surface area contributed by atoms with Gasteiger partial charge >= 0.3 is 5.97 Å². The number of nitrogens with zero attached hydrogens (tertiary/aromatic N) is 1. The van der Waals surface area contributed by atoms with E-state index in [-0.39, 0.29) is 11.5 Å². The highest BCUT2D eigenvalue weighted by Gasteiger charge is 2.45. The minimum Gasteiger partial charge on any atom is -0.480 e. The first-order chi connectivity index (χ1) is 8.49. The molecular weight excluding hydrogens is 228 g/mol. The Bertz CT molecular complexity index is 548. The average Bonchev–Trinajstić information content (AvgIpc) is 2.68. The normalized spacial score (nSPS) is 28.2. The van der Waals surface area contributed by atoms with Crippen molar-refractivity contribution in [3.05, 3.63) is 29.8 Å². The molecule has 2 aliphatic rings. The van der Waals surface area contributed by atoms with Crippen LogP contribution in [-0.2, 0) is 4.79 Å². The zero-order valence-corrected chi connectivity index (χ0v) is 10.5. The fraction of sp³-hybridized carbons (Fsp3) is 0.429. The number of carboxylic acids is 1. The van der Waals surface area contributed by atoms with Gasteiger partial charge in [-0.2, -0.15) is 0 Å². The summed E-state index contributed by atoms with van der Waals surface area (Å²) in [4.78, 5) is 15.9. The van der Waals surface area contributed by atoms with E-state index in [2.05, 4.69) is 16.4 Å². The van der Waals surface area contributed by atoms with Crippen LogP contribution in [0.1, 0.15) is 31.7 Å². The van der Waals surface area contributed by atoms with Gasteiger partial charge in [0, 0.05) is 11.6 Å². The Hall–Kier alpha value is -1.68. The van der Waals surface area contributed by atoms with E-state index in [0.29, 0.717) is 6.42 Å². The molecule has 0 aliphatic carbocycles. The zero-order chi connectivity index (χ0) is 12.9. The molecule has 4 nitrogen and oxygen atoms in total. The number of piperidine rings is 1. The highest BCUT2D eigenvalue weighted by molar-refractivity contribution is 6.05. The fourth-order valence-corrected chi connectivity index (χ4v) is 3.02. The number of aliphatic carboxylic acids is 1. The maximum Gasteiger partial charge on any atom is 0.320 e. The summed E-state index contributed by atoms with van der Waals surface area (Å²) in [5.74, 6) is -0.648. The molecule has 1 aromatic rings. The topological polar surface area (TPSA) is 61.7 Å². The molecule has 0 radical (unpaired) electrons. The summed E-state index contributed by atoms with van der Waals surface area (Å²) < 4.78 is 0. The lowest BCUT2D eigenvalue weighted by atomic mass is 9.77. The molecule has 0 spiro atoms. The van der Waals surface area contributed by atoms with Gasteiger partial charge < -0.3 is 5.11 Å². The second kappa shape index (κ2) is 3.65. The lowest BCUT2D eigenvalue weighted by molar-refractivity contribution is -0.140. The van der Waals surface area contributed by atoms with Crippen LogP contribution in [-0.4, -0.2) is 28.4 Å². The summed E-state index contributed by atoms with van der Waals surface area (Å²) >= 11 is 0. The van der Waals surface area contributed by atoms with E-state index < -0.39 is 12.0 Å². The number of nitrogens with one attached hydrogen (secondary N) is 1. The second-order valence-corrected chi connectivity index (χ2v) is 5.50. The molecule has 0 aromatic heterocycles. The lowest BCUT2D eigenvalue weighted by Gasteiger charge is -2.39.